The first-order chi connectivity index (χ1) is 33.0. The van der Waals surface area contributed by atoms with Gasteiger partial charge in [0.25, 0.3) is 0 Å². The van der Waals surface area contributed by atoms with Crippen molar-refractivity contribution >= 4 is 17.7 Å². The highest BCUT2D eigenvalue weighted by molar-refractivity contribution is 5.95. The van der Waals surface area contributed by atoms with E-state index in [4.69, 9.17) is 5.73 Å². The van der Waals surface area contributed by atoms with Crippen LogP contribution in [-0.2, 0) is 14.4 Å². The number of nitrogens with one attached hydrogen (secondary N) is 1. The standard InChI is InChI=1S/C60H120N4O3/c1-4-7-10-13-16-19-22-25-28-31-34-37-40-43-46-49-58(65)63(55-52-61)56-53-62-54-57-64(59(66)50-47-44-41-38-35-32-29-26-23-20-17-14-11-8-5-2)60(67)51-48-45-42-39-36-33-30-27-24-21-18-15-12-9-6-3/h62H,4-57,61H2,1-3H3. The highest BCUT2D eigenvalue weighted by Gasteiger charge is 2.20. The Bertz CT molecular complexity index is 977. The molecule has 0 heterocycles. The van der Waals surface area contributed by atoms with E-state index in [0.717, 1.165) is 38.5 Å². The summed E-state index contributed by atoms with van der Waals surface area (Å²) >= 11 is 0. The monoisotopic (exact) mass is 945 g/mol. The number of nitrogens with two attached hydrogens (primary N) is 1. The number of nitrogens with zero attached hydrogens (tertiary/aromatic N) is 2. The lowest BCUT2D eigenvalue weighted by Gasteiger charge is -2.24. The van der Waals surface area contributed by atoms with Crippen LogP contribution in [0.4, 0.5) is 0 Å². The number of hydrogen-bond donors (Lipinski definition) is 2. The predicted octanol–water partition coefficient (Wildman–Crippen LogP) is 17.5. The van der Waals surface area contributed by atoms with E-state index in [0.29, 0.717) is 58.5 Å². The number of carbonyl (C=O) groups is 3. The Morgan fingerprint density at radius 2 is 0.522 bits per heavy atom. The van der Waals surface area contributed by atoms with Gasteiger partial charge in [-0.05, 0) is 19.3 Å². The van der Waals surface area contributed by atoms with Crippen LogP contribution >= 0.6 is 0 Å². The van der Waals surface area contributed by atoms with Crippen molar-refractivity contribution < 1.29 is 14.4 Å². The van der Waals surface area contributed by atoms with Crippen molar-refractivity contribution in [2.24, 2.45) is 5.73 Å². The Kier molecular flexibility index (Phi) is 54.2. The summed E-state index contributed by atoms with van der Waals surface area (Å²) in [5.74, 6) is 0.178. The SMILES string of the molecule is CCCCCCCCCCCCCCCCCC(=O)N(CCN)CCNCCN(C(=O)CCCCCCCCCCCCCCCCC)C(=O)CCCCCCCCCCCCCCCCC. The van der Waals surface area contributed by atoms with Crippen LogP contribution in [0.2, 0.25) is 0 Å². The fourth-order valence-electron chi connectivity index (χ4n) is 9.81. The Hall–Kier alpha value is -1.47. The minimum atomic E-state index is -0.00844. The van der Waals surface area contributed by atoms with Crippen molar-refractivity contribution in [1.82, 2.24) is 15.1 Å². The molecule has 0 aromatic carbocycles. The molecule has 0 atom stereocenters. The Morgan fingerprint density at radius 1 is 0.299 bits per heavy atom. The van der Waals surface area contributed by atoms with Crippen molar-refractivity contribution in [2.45, 2.75) is 329 Å². The Labute approximate surface area is 419 Å². The highest BCUT2D eigenvalue weighted by atomic mass is 16.2. The maximum Gasteiger partial charge on any atom is 0.229 e. The molecule has 3 amide bonds. The maximum atomic E-state index is 13.5. The summed E-state index contributed by atoms with van der Waals surface area (Å²) in [5.41, 5.74) is 5.92. The number of unbranched alkanes of at least 4 members (excludes halogenated alkanes) is 42. The average Bonchev–Trinajstić information content (AvgIpc) is 3.33. The molecule has 0 bridgehead atoms. The number of amides is 3. The third kappa shape index (κ3) is 48.0. The molecule has 398 valence electrons. The molecular formula is C60H120N4O3. The number of carbonyl (C=O) groups excluding carboxylic acids is 3. The van der Waals surface area contributed by atoms with Crippen molar-refractivity contribution in [3.63, 3.8) is 0 Å². The van der Waals surface area contributed by atoms with Crippen molar-refractivity contribution in [2.75, 3.05) is 39.3 Å². The highest BCUT2D eigenvalue weighted by Crippen LogP contribution is 2.18. The molecule has 67 heavy (non-hydrogen) atoms. The lowest BCUT2D eigenvalue weighted by atomic mass is 10.0. The summed E-state index contributed by atoms with van der Waals surface area (Å²) in [5, 5.41) is 3.45. The smallest absolute Gasteiger partial charge is 0.229 e. The zero-order valence-corrected chi connectivity index (χ0v) is 45.9. The largest absolute Gasteiger partial charge is 0.340 e. The van der Waals surface area contributed by atoms with Crippen LogP contribution < -0.4 is 11.1 Å². The van der Waals surface area contributed by atoms with Crippen LogP contribution in [-0.4, -0.2) is 66.8 Å². The first-order valence-electron chi connectivity index (χ1n) is 30.5. The molecule has 0 saturated carbocycles. The van der Waals surface area contributed by atoms with Gasteiger partial charge in [-0.2, -0.15) is 0 Å². The summed E-state index contributed by atoms with van der Waals surface area (Å²) in [7, 11) is 0. The summed E-state index contributed by atoms with van der Waals surface area (Å²) in [6.07, 6.45) is 60.2. The summed E-state index contributed by atoms with van der Waals surface area (Å²) in [4.78, 5) is 43.6. The molecule has 7 heteroatoms. The third-order valence-corrected chi connectivity index (χ3v) is 14.4. The molecule has 7 nitrogen and oxygen atoms in total. The molecule has 0 aromatic rings. The maximum absolute atomic E-state index is 13.5. The van der Waals surface area contributed by atoms with E-state index in [2.05, 4.69) is 26.1 Å². The number of hydrogen-bond acceptors (Lipinski definition) is 5. The lowest BCUT2D eigenvalue weighted by Crippen LogP contribution is -2.43. The van der Waals surface area contributed by atoms with Crippen LogP contribution in [0.3, 0.4) is 0 Å². The zero-order chi connectivity index (χ0) is 48.8. The van der Waals surface area contributed by atoms with Crippen LogP contribution in [0, 0.1) is 0 Å². The Balaban J connectivity index is 4.52. The van der Waals surface area contributed by atoms with E-state index in [9.17, 15) is 14.4 Å². The van der Waals surface area contributed by atoms with Gasteiger partial charge < -0.3 is 16.0 Å². The second-order valence-corrected chi connectivity index (χ2v) is 21.0. The average molecular weight is 946 g/mol. The second kappa shape index (κ2) is 55.5. The molecule has 0 aliphatic carbocycles. The third-order valence-electron chi connectivity index (χ3n) is 14.4. The van der Waals surface area contributed by atoms with E-state index < -0.39 is 0 Å². The topological polar surface area (TPSA) is 95.7 Å². The zero-order valence-electron chi connectivity index (χ0n) is 45.9. The number of imide groups is 1. The van der Waals surface area contributed by atoms with Crippen molar-refractivity contribution in [3.8, 4) is 0 Å². The van der Waals surface area contributed by atoms with Crippen LogP contribution in [0.25, 0.3) is 0 Å². The van der Waals surface area contributed by atoms with Gasteiger partial charge in [-0.1, -0.05) is 290 Å². The Morgan fingerprint density at radius 3 is 0.776 bits per heavy atom. The molecule has 0 aromatic heterocycles. The molecule has 0 unspecified atom stereocenters. The summed E-state index contributed by atoms with van der Waals surface area (Å²) in [6, 6.07) is 0. The van der Waals surface area contributed by atoms with Crippen molar-refractivity contribution in [1.29, 1.82) is 0 Å². The van der Waals surface area contributed by atoms with Crippen LogP contribution in [0.15, 0.2) is 0 Å². The van der Waals surface area contributed by atoms with Gasteiger partial charge in [-0.15, -0.1) is 0 Å². The van der Waals surface area contributed by atoms with E-state index in [1.807, 2.05) is 4.90 Å². The molecule has 0 saturated heterocycles. The van der Waals surface area contributed by atoms with Gasteiger partial charge >= 0.3 is 0 Å². The predicted molar refractivity (Wildman–Crippen MR) is 294 cm³/mol. The van der Waals surface area contributed by atoms with E-state index in [1.54, 1.807) is 4.90 Å². The van der Waals surface area contributed by atoms with Gasteiger partial charge in [0, 0.05) is 58.5 Å². The molecule has 3 N–H and O–H groups in total. The van der Waals surface area contributed by atoms with Gasteiger partial charge in [0.05, 0.1) is 0 Å². The summed E-state index contributed by atoms with van der Waals surface area (Å²) < 4.78 is 0. The molecule has 0 spiro atoms. The van der Waals surface area contributed by atoms with E-state index in [1.165, 1.54) is 250 Å². The van der Waals surface area contributed by atoms with Gasteiger partial charge in [0.1, 0.15) is 0 Å². The molecule has 0 radical (unpaired) electrons. The van der Waals surface area contributed by atoms with Gasteiger partial charge in [-0.3, -0.25) is 19.3 Å². The fraction of sp³-hybridized carbons (Fsp3) is 0.950. The van der Waals surface area contributed by atoms with Gasteiger partial charge in [0.2, 0.25) is 17.7 Å². The second-order valence-electron chi connectivity index (χ2n) is 21.0. The quantitative estimate of drug-likeness (QED) is 0.0592. The molecular weight excluding hydrogens is 825 g/mol. The first-order valence-corrected chi connectivity index (χ1v) is 30.5. The minimum Gasteiger partial charge on any atom is -0.340 e. The first kappa shape index (κ1) is 65.5. The molecule has 0 fully saturated rings. The van der Waals surface area contributed by atoms with Crippen LogP contribution in [0.5, 0.6) is 0 Å². The molecule has 0 aliphatic heterocycles. The minimum absolute atomic E-state index is 0.00844. The fourth-order valence-corrected chi connectivity index (χ4v) is 9.81. The van der Waals surface area contributed by atoms with Gasteiger partial charge in [-0.25, -0.2) is 0 Å². The van der Waals surface area contributed by atoms with Crippen LogP contribution in [0.1, 0.15) is 329 Å². The normalized spacial score (nSPS) is 11.5. The lowest BCUT2D eigenvalue weighted by molar-refractivity contribution is -0.145. The van der Waals surface area contributed by atoms with E-state index >= 15 is 0 Å². The molecule has 0 aliphatic rings. The number of rotatable bonds is 56. The van der Waals surface area contributed by atoms with Gasteiger partial charge in [0.15, 0.2) is 0 Å². The summed E-state index contributed by atoms with van der Waals surface area (Å²) in [6.45, 7) is 10.1. The van der Waals surface area contributed by atoms with E-state index in [-0.39, 0.29) is 17.7 Å². The molecule has 0 rings (SSSR count). The van der Waals surface area contributed by atoms with Crippen molar-refractivity contribution in [3.05, 3.63) is 0 Å².